The third kappa shape index (κ3) is 4.57. The molecule has 1 unspecified atom stereocenters. The van der Waals surface area contributed by atoms with Crippen LogP contribution in [-0.2, 0) is 4.74 Å². The van der Waals surface area contributed by atoms with E-state index in [9.17, 15) is 5.11 Å². The molecule has 0 aliphatic rings. The highest BCUT2D eigenvalue weighted by Crippen LogP contribution is 2.03. The fourth-order valence-corrected chi connectivity index (χ4v) is 1.08. The van der Waals surface area contributed by atoms with Gasteiger partial charge in [0.25, 0.3) is 0 Å². The maximum atomic E-state index is 9.35. The van der Waals surface area contributed by atoms with Crippen molar-refractivity contribution >= 4 is 11.6 Å². The van der Waals surface area contributed by atoms with Crippen molar-refractivity contribution in [3.63, 3.8) is 0 Å². The highest BCUT2D eigenvalue weighted by molar-refractivity contribution is 5.38. The molecule has 15 heavy (non-hydrogen) atoms. The van der Waals surface area contributed by atoms with Gasteiger partial charge in [-0.2, -0.15) is 0 Å². The van der Waals surface area contributed by atoms with Crippen LogP contribution in [-0.4, -0.2) is 41.7 Å². The fourth-order valence-electron chi connectivity index (χ4n) is 1.08. The number of aliphatic hydroxyl groups is 1. The number of hydrogen-bond donors (Lipinski definition) is 3. The van der Waals surface area contributed by atoms with Gasteiger partial charge in [0.1, 0.15) is 11.6 Å². The van der Waals surface area contributed by atoms with E-state index in [2.05, 4.69) is 15.5 Å². The van der Waals surface area contributed by atoms with Crippen LogP contribution in [0.5, 0.6) is 0 Å². The molecule has 0 saturated heterocycles. The summed E-state index contributed by atoms with van der Waals surface area (Å²) >= 11 is 0. The minimum absolute atomic E-state index is 0.342. The highest BCUT2D eigenvalue weighted by Gasteiger charge is 2.02. The summed E-state index contributed by atoms with van der Waals surface area (Å²) in [6, 6.07) is 3.41. The quantitative estimate of drug-likeness (QED) is 0.608. The second kappa shape index (κ2) is 6.15. The first kappa shape index (κ1) is 11.7. The molecule has 0 spiro atoms. The standard InChI is InChI=1S/C9H16N4O2/c1-15-6-7(14)4-5-11-9-3-2-8(10)12-13-9/h2-3,7,14H,4-6H2,1H3,(H2,10,12)(H,11,13). The third-order valence-corrected chi connectivity index (χ3v) is 1.83. The van der Waals surface area contributed by atoms with E-state index < -0.39 is 6.10 Å². The largest absolute Gasteiger partial charge is 0.391 e. The second-order valence-electron chi connectivity index (χ2n) is 3.17. The molecule has 1 rings (SSSR count). The molecule has 0 fully saturated rings. The second-order valence-corrected chi connectivity index (χ2v) is 3.17. The van der Waals surface area contributed by atoms with Gasteiger partial charge in [0.2, 0.25) is 0 Å². The zero-order valence-corrected chi connectivity index (χ0v) is 8.68. The minimum Gasteiger partial charge on any atom is -0.391 e. The van der Waals surface area contributed by atoms with E-state index in [4.69, 9.17) is 10.5 Å². The normalized spacial score (nSPS) is 12.4. The SMILES string of the molecule is COCC(O)CCNc1ccc(N)nn1. The minimum atomic E-state index is -0.454. The van der Waals surface area contributed by atoms with E-state index >= 15 is 0 Å². The van der Waals surface area contributed by atoms with E-state index in [1.54, 1.807) is 19.2 Å². The topological polar surface area (TPSA) is 93.3 Å². The molecule has 0 aromatic carbocycles. The Hall–Kier alpha value is -1.40. The predicted octanol–water partition coefficient (Wildman–Crippen LogP) is -0.132. The van der Waals surface area contributed by atoms with E-state index in [0.717, 1.165) is 0 Å². The van der Waals surface area contributed by atoms with Gasteiger partial charge in [-0.1, -0.05) is 0 Å². The average molecular weight is 212 g/mol. The lowest BCUT2D eigenvalue weighted by molar-refractivity contribution is 0.0615. The summed E-state index contributed by atoms with van der Waals surface area (Å²) < 4.78 is 4.80. The molecule has 0 aliphatic heterocycles. The summed E-state index contributed by atoms with van der Waals surface area (Å²) in [5, 5.41) is 19.9. The first-order valence-electron chi connectivity index (χ1n) is 4.72. The van der Waals surface area contributed by atoms with Gasteiger partial charge in [0.15, 0.2) is 0 Å². The Labute approximate surface area is 88.5 Å². The number of nitrogen functional groups attached to an aromatic ring is 1. The monoisotopic (exact) mass is 212 g/mol. The molecule has 84 valence electrons. The summed E-state index contributed by atoms with van der Waals surface area (Å²) in [6.07, 6.45) is 0.143. The van der Waals surface area contributed by atoms with Crippen LogP contribution in [0.25, 0.3) is 0 Å². The molecule has 0 aliphatic carbocycles. The summed E-state index contributed by atoms with van der Waals surface area (Å²) in [7, 11) is 1.56. The van der Waals surface area contributed by atoms with Crippen molar-refractivity contribution in [2.45, 2.75) is 12.5 Å². The van der Waals surface area contributed by atoms with Crippen molar-refractivity contribution in [1.82, 2.24) is 10.2 Å². The molecule has 1 aromatic heterocycles. The molecule has 6 heteroatoms. The predicted molar refractivity (Wildman–Crippen MR) is 57.4 cm³/mol. The third-order valence-electron chi connectivity index (χ3n) is 1.83. The Morgan fingerprint density at radius 3 is 2.93 bits per heavy atom. The zero-order chi connectivity index (χ0) is 11.1. The van der Waals surface area contributed by atoms with Gasteiger partial charge in [-0.15, -0.1) is 10.2 Å². The molecule has 4 N–H and O–H groups in total. The van der Waals surface area contributed by atoms with Crippen molar-refractivity contribution in [2.24, 2.45) is 0 Å². The van der Waals surface area contributed by atoms with Crippen LogP contribution in [0.2, 0.25) is 0 Å². The zero-order valence-electron chi connectivity index (χ0n) is 8.68. The van der Waals surface area contributed by atoms with E-state index in [1.165, 1.54) is 0 Å². The van der Waals surface area contributed by atoms with Gasteiger partial charge < -0.3 is 20.9 Å². The number of rotatable bonds is 6. The molecule has 0 saturated carbocycles. The van der Waals surface area contributed by atoms with Gasteiger partial charge in [0.05, 0.1) is 12.7 Å². The number of nitrogens with zero attached hydrogens (tertiary/aromatic N) is 2. The average Bonchev–Trinajstić information content (AvgIpc) is 2.21. The Bertz CT molecular complexity index is 278. The van der Waals surface area contributed by atoms with Crippen molar-refractivity contribution in [1.29, 1.82) is 0 Å². The van der Waals surface area contributed by atoms with Crippen LogP contribution in [0, 0.1) is 0 Å². The lowest BCUT2D eigenvalue weighted by Crippen LogP contribution is -2.18. The van der Waals surface area contributed by atoms with E-state index in [1.807, 2.05) is 0 Å². The van der Waals surface area contributed by atoms with Gasteiger partial charge in [0, 0.05) is 13.7 Å². The number of anilines is 2. The molecule has 6 nitrogen and oxygen atoms in total. The van der Waals surface area contributed by atoms with E-state index in [0.29, 0.717) is 31.2 Å². The summed E-state index contributed by atoms with van der Waals surface area (Å²) in [5.74, 6) is 1.04. The van der Waals surface area contributed by atoms with Crippen molar-refractivity contribution in [3.8, 4) is 0 Å². The molecule has 0 amide bonds. The van der Waals surface area contributed by atoms with Crippen LogP contribution in [0.4, 0.5) is 11.6 Å². The number of nitrogens with one attached hydrogen (secondary N) is 1. The van der Waals surface area contributed by atoms with Crippen LogP contribution < -0.4 is 11.1 Å². The molecular formula is C9H16N4O2. The first-order valence-corrected chi connectivity index (χ1v) is 4.72. The Morgan fingerprint density at radius 1 is 1.53 bits per heavy atom. The van der Waals surface area contributed by atoms with Crippen LogP contribution in [0.15, 0.2) is 12.1 Å². The Morgan fingerprint density at radius 2 is 2.33 bits per heavy atom. The molecule has 1 heterocycles. The Kier molecular flexibility index (Phi) is 4.79. The summed E-state index contributed by atoms with van der Waals surface area (Å²) in [5.41, 5.74) is 5.39. The van der Waals surface area contributed by atoms with Crippen LogP contribution in [0.1, 0.15) is 6.42 Å². The number of hydrogen-bond acceptors (Lipinski definition) is 6. The van der Waals surface area contributed by atoms with Crippen molar-refractivity contribution in [2.75, 3.05) is 31.3 Å². The number of methoxy groups -OCH3 is 1. The first-order chi connectivity index (χ1) is 7.22. The van der Waals surface area contributed by atoms with Gasteiger partial charge in [-0.05, 0) is 18.6 Å². The summed E-state index contributed by atoms with van der Waals surface area (Å²) in [4.78, 5) is 0. The number of aromatic nitrogens is 2. The van der Waals surface area contributed by atoms with Gasteiger partial charge in [-0.25, -0.2) is 0 Å². The maximum Gasteiger partial charge on any atom is 0.148 e. The summed E-state index contributed by atoms with van der Waals surface area (Å²) in [6.45, 7) is 0.957. The van der Waals surface area contributed by atoms with E-state index in [-0.39, 0.29) is 0 Å². The van der Waals surface area contributed by atoms with Gasteiger partial charge >= 0.3 is 0 Å². The van der Waals surface area contributed by atoms with Crippen LogP contribution >= 0.6 is 0 Å². The number of ether oxygens (including phenoxy) is 1. The smallest absolute Gasteiger partial charge is 0.148 e. The fraction of sp³-hybridized carbons (Fsp3) is 0.556. The molecule has 0 bridgehead atoms. The maximum absolute atomic E-state index is 9.35. The van der Waals surface area contributed by atoms with Crippen molar-refractivity contribution < 1.29 is 9.84 Å². The number of aliphatic hydroxyl groups excluding tert-OH is 1. The molecule has 1 atom stereocenters. The molecule has 0 radical (unpaired) electrons. The number of nitrogens with two attached hydrogens (primary N) is 1. The lowest BCUT2D eigenvalue weighted by Gasteiger charge is -2.09. The van der Waals surface area contributed by atoms with Crippen molar-refractivity contribution in [3.05, 3.63) is 12.1 Å². The Balaban J connectivity index is 2.22. The lowest BCUT2D eigenvalue weighted by atomic mass is 10.2. The molecule has 1 aromatic rings. The molecular weight excluding hydrogens is 196 g/mol. The highest BCUT2D eigenvalue weighted by atomic mass is 16.5. The van der Waals surface area contributed by atoms with Gasteiger partial charge in [-0.3, -0.25) is 0 Å². The van der Waals surface area contributed by atoms with Crippen LogP contribution in [0.3, 0.4) is 0 Å².